The van der Waals surface area contributed by atoms with Crippen molar-refractivity contribution in [3.8, 4) is 5.75 Å². The number of methoxy groups -OCH3 is 1. The van der Waals surface area contributed by atoms with Crippen LogP contribution in [-0.2, 0) is 11.2 Å². The molecule has 1 aromatic carbocycles. The van der Waals surface area contributed by atoms with Crippen LogP contribution in [0.25, 0.3) is 0 Å². The summed E-state index contributed by atoms with van der Waals surface area (Å²) >= 11 is 1.25. The molecule has 0 bridgehead atoms. The van der Waals surface area contributed by atoms with Gasteiger partial charge in [-0.15, -0.1) is 0 Å². The summed E-state index contributed by atoms with van der Waals surface area (Å²) in [5.74, 6) is 0.740. The van der Waals surface area contributed by atoms with Crippen LogP contribution >= 0.6 is 11.8 Å². The monoisotopic (exact) mass is 332 g/mol. The molecule has 1 atom stereocenters. The van der Waals surface area contributed by atoms with E-state index in [9.17, 15) is 10.0 Å². The Bertz CT molecular complexity index is 647. The Balaban J connectivity index is 1.78. The molecular weight excluding hydrogens is 312 g/mol. The predicted molar refractivity (Wildman–Crippen MR) is 90.4 cm³/mol. The zero-order chi connectivity index (χ0) is 16.7. The lowest BCUT2D eigenvalue weighted by Crippen LogP contribution is -2.34. The summed E-state index contributed by atoms with van der Waals surface area (Å²) in [6.07, 6.45) is 2.18. The maximum absolute atomic E-state index is 12.1. The molecule has 1 unspecified atom stereocenters. The summed E-state index contributed by atoms with van der Waals surface area (Å²) in [7, 11) is 1.63. The fourth-order valence-electron chi connectivity index (χ4n) is 2.00. The summed E-state index contributed by atoms with van der Waals surface area (Å²) in [6, 6.07) is 12.9. The minimum atomic E-state index is -0.325. The van der Waals surface area contributed by atoms with E-state index >= 15 is 0 Å². The van der Waals surface area contributed by atoms with E-state index in [1.54, 1.807) is 32.2 Å². The number of nitrogens with one attached hydrogen (secondary N) is 1. The first-order chi connectivity index (χ1) is 11.1. The molecule has 0 aliphatic rings. The molecule has 0 aliphatic heterocycles. The maximum atomic E-state index is 12.1. The number of benzene rings is 1. The van der Waals surface area contributed by atoms with Crippen LogP contribution in [0.15, 0.2) is 53.7 Å². The molecule has 1 N–H and O–H groups in total. The number of hydrogen-bond donors (Lipinski definition) is 1. The standard InChI is InChI=1S/C17H20N2O3S/c1-13(23-16-5-3-4-12-19(16)21)17(20)18-11-10-14-6-8-15(22-2)9-7-14/h3-9,12-13H,10-11H2,1-2H3,(H,18,20). The van der Waals surface area contributed by atoms with Crippen LogP contribution < -0.4 is 14.8 Å². The second-order valence-electron chi connectivity index (χ2n) is 5.01. The van der Waals surface area contributed by atoms with Crippen LogP contribution in [0.2, 0.25) is 0 Å². The van der Waals surface area contributed by atoms with E-state index in [-0.39, 0.29) is 11.2 Å². The van der Waals surface area contributed by atoms with E-state index in [1.165, 1.54) is 18.0 Å². The number of aromatic nitrogens is 1. The van der Waals surface area contributed by atoms with Crippen LogP contribution in [-0.4, -0.2) is 24.8 Å². The third kappa shape index (κ3) is 5.17. The van der Waals surface area contributed by atoms with E-state index in [0.29, 0.717) is 11.6 Å². The molecule has 1 heterocycles. The minimum absolute atomic E-state index is 0.0765. The smallest absolute Gasteiger partial charge is 0.252 e. The number of thioether (sulfide) groups is 1. The van der Waals surface area contributed by atoms with Gasteiger partial charge in [0.1, 0.15) is 5.75 Å². The Morgan fingerprint density at radius 1 is 1.30 bits per heavy atom. The lowest BCUT2D eigenvalue weighted by atomic mass is 10.1. The minimum Gasteiger partial charge on any atom is -0.618 e. The average Bonchev–Trinajstić information content (AvgIpc) is 2.57. The van der Waals surface area contributed by atoms with Crippen molar-refractivity contribution in [2.24, 2.45) is 0 Å². The first-order valence-electron chi connectivity index (χ1n) is 7.35. The average molecular weight is 332 g/mol. The highest BCUT2D eigenvalue weighted by Gasteiger charge is 2.18. The van der Waals surface area contributed by atoms with Crippen molar-refractivity contribution in [2.75, 3.05) is 13.7 Å². The van der Waals surface area contributed by atoms with Crippen LogP contribution in [0.5, 0.6) is 5.75 Å². The fourth-order valence-corrected chi connectivity index (χ4v) is 2.88. The summed E-state index contributed by atoms with van der Waals surface area (Å²) < 4.78 is 5.88. The topological polar surface area (TPSA) is 65.3 Å². The third-order valence-electron chi connectivity index (χ3n) is 3.33. The van der Waals surface area contributed by atoms with Crippen molar-refractivity contribution in [1.82, 2.24) is 5.32 Å². The molecule has 0 radical (unpaired) electrons. The highest BCUT2D eigenvalue weighted by atomic mass is 32.2. The second-order valence-corrected chi connectivity index (χ2v) is 6.37. The molecule has 2 aromatic rings. The van der Waals surface area contributed by atoms with Gasteiger partial charge >= 0.3 is 0 Å². The molecule has 23 heavy (non-hydrogen) atoms. The Labute approximate surface area is 140 Å². The van der Waals surface area contributed by atoms with Crippen molar-refractivity contribution >= 4 is 17.7 Å². The molecule has 0 spiro atoms. The van der Waals surface area contributed by atoms with Crippen molar-refractivity contribution in [1.29, 1.82) is 0 Å². The predicted octanol–water partition coefficient (Wildman–Crippen LogP) is 2.17. The quantitative estimate of drug-likeness (QED) is 0.479. The zero-order valence-electron chi connectivity index (χ0n) is 13.2. The molecule has 0 fully saturated rings. The first kappa shape index (κ1) is 17.1. The van der Waals surface area contributed by atoms with Gasteiger partial charge in [0.25, 0.3) is 5.03 Å². The number of rotatable bonds is 7. The lowest BCUT2D eigenvalue weighted by Gasteiger charge is -2.11. The van der Waals surface area contributed by atoms with Gasteiger partial charge in [-0.05, 0) is 48.9 Å². The molecule has 5 nitrogen and oxygen atoms in total. The number of nitrogens with zero attached hydrogens (tertiary/aromatic N) is 1. The number of ether oxygens (including phenoxy) is 1. The van der Waals surface area contributed by atoms with Gasteiger partial charge in [-0.25, -0.2) is 0 Å². The van der Waals surface area contributed by atoms with E-state index in [0.717, 1.165) is 22.5 Å². The van der Waals surface area contributed by atoms with E-state index in [2.05, 4.69) is 5.32 Å². The maximum Gasteiger partial charge on any atom is 0.252 e. The van der Waals surface area contributed by atoms with Gasteiger partial charge in [-0.3, -0.25) is 4.79 Å². The van der Waals surface area contributed by atoms with Gasteiger partial charge in [-0.2, -0.15) is 4.73 Å². The molecule has 1 amide bonds. The van der Waals surface area contributed by atoms with E-state index in [1.807, 2.05) is 24.3 Å². The van der Waals surface area contributed by atoms with Crippen LogP contribution in [0, 0.1) is 5.21 Å². The summed E-state index contributed by atoms with van der Waals surface area (Å²) in [5.41, 5.74) is 1.13. The van der Waals surface area contributed by atoms with Crippen LogP contribution in [0.3, 0.4) is 0 Å². The third-order valence-corrected chi connectivity index (χ3v) is 4.45. The van der Waals surface area contributed by atoms with Gasteiger partial charge in [0, 0.05) is 18.7 Å². The molecular formula is C17H20N2O3S. The summed E-state index contributed by atoms with van der Waals surface area (Å²) in [5, 5.41) is 14.7. The van der Waals surface area contributed by atoms with E-state index < -0.39 is 0 Å². The number of amides is 1. The summed E-state index contributed by atoms with van der Waals surface area (Å²) in [4.78, 5) is 12.1. The number of hydrogen-bond acceptors (Lipinski definition) is 4. The van der Waals surface area contributed by atoms with E-state index in [4.69, 9.17) is 4.74 Å². The highest BCUT2D eigenvalue weighted by molar-refractivity contribution is 8.00. The zero-order valence-corrected chi connectivity index (χ0v) is 14.0. The number of pyridine rings is 1. The van der Waals surface area contributed by atoms with Gasteiger partial charge in [0.2, 0.25) is 5.91 Å². The normalized spacial score (nSPS) is 11.7. The van der Waals surface area contributed by atoms with Crippen molar-refractivity contribution in [3.63, 3.8) is 0 Å². The molecule has 0 saturated carbocycles. The fraction of sp³-hybridized carbons (Fsp3) is 0.294. The lowest BCUT2D eigenvalue weighted by molar-refractivity contribution is -0.645. The molecule has 2 rings (SSSR count). The molecule has 1 aromatic heterocycles. The Morgan fingerprint density at radius 2 is 2.04 bits per heavy atom. The number of carbonyl (C=O) groups excluding carboxylic acids is 1. The van der Waals surface area contributed by atoms with Crippen LogP contribution in [0.4, 0.5) is 0 Å². The Morgan fingerprint density at radius 3 is 2.70 bits per heavy atom. The van der Waals surface area contributed by atoms with Gasteiger partial charge in [-0.1, -0.05) is 12.1 Å². The SMILES string of the molecule is COc1ccc(CCNC(=O)C(C)Sc2cccc[n+]2[O-])cc1. The molecule has 0 saturated heterocycles. The Kier molecular flexibility index (Phi) is 6.29. The first-order valence-corrected chi connectivity index (χ1v) is 8.23. The van der Waals surface area contributed by atoms with Crippen LogP contribution in [0.1, 0.15) is 12.5 Å². The van der Waals surface area contributed by atoms with Gasteiger partial charge < -0.3 is 15.3 Å². The Hall–Kier alpha value is -2.21. The highest BCUT2D eigenvalue weighted by Crippen LogP contribution is 2.19. The second kappa shape index (κ2) is 8.43. The van der Waals surface area contributed by atoms with Gasteiger partial charge in [0.15, 0.2) is 6.20 Å². The summed E-state index contributed by atoms with van der Waals surface area (Å²) in [6.45, 7) is 2.35. The van der Waals surface area contributed by atoms with Gasteiger partial charge in [0.05, 0.1) is 12.4 Å². The van der Waals surface area contributed by atoms with Crippen molar-refractivity contribution in [3.05, 3.63) is 59.4 Å². The molecule has 6 heteroatoms. The van der Waals surface area contributed by atoms with Crippen molar-refractivity contribution in [2.45, 2.75) is 23.6 Å². The molecule has 0 aliphatic carbocycles. The largest absolute Gasteiger partial charge is 0.618 e. The molecule has 122 valence electrons. The van der Waals surface area contributed by atoms with Crippen molar-refractivity contribution < 1.29 is 14.3 Å². The number of carbonyl (C=O) groups is 1.